The number of hydrogen-bond acceptors (Lipinski definition) is 2. The molecule has 1 N–H and O–H groups in total. The Morgan fingerprint density at radius 3 is 2.67 bits per heavy atom. The van der Waals surface area contributed by atoms with Gasteiger partial charge in [-0.1, -0.05) is 13.0 Å². The Morgan fingerprint density at radius 1 is 1.60 bits per heavy atom. The highest BCUT2D eigenvalue weighted by Gasteiger charge is 2.15. The molecule has 0 amide bonds. The normalized spacial score (nSPS) is 9.67. The third-order valence-corrected chi connectivity index (χ3v) is 2.53. The van der Waals surface area contributed by atoms with Gasteiger partial charge >= 0.3 is 5.97 Å². The van der Waals surface area contributed by atoms with Gasteiger partial charge in [0.05, 0.1) is 11.1 Å². The quantitative estimate of drug-likeness (QED) is 0.801. The summed E-state index contributed by atoms with van der Waals surface area (Å²) in [4.78, 5) is 10.9. The van der Waals surface area contributed by atoms with Gasteiger partial charge in [0, 0.05) is 5.88 Å². The van der Waals surface area contributed by atoms with Gasteiger partial charge < -0.3 is 5.11 Å². The van der Waals surface area contributed by atoms with Crippen LogP contribution in [0.15, 0.2) is 12.1 Å². The number of rotatable bonds is 3. The average Bonchev–Trinajstić information content (AvgIpc) is 2.26. The molecular weight excluding hydrogens is 214 g/mol. The van der Waals surface area contributed by atoms with Gasteiger partial charge in [-0.05, 0) is 23.6 Å². The average molecular weight is 224 g/mol. The van der Waals surface area contributed by atoms with E-state index in [0.29, 0.717) is 5.56 Å². The predicted octanol–water partition coefficient (Wildman–Crippen LogP) is 2.56. The van der Waals surface area contributed by atoms with Gasteiger partial charge in [-0.15, -0.1) is 11.6 Å². The van der Waals surface area contributed by atoms with E-state index in [-0.39, 0.29) is 17.0 Å². The largest absolute Gasteiger partial charge is 0.478 e. The Hall–Kier alpha value is -1.53. The Labute approximate surface area is 92.9 Å². The zero-order chi connectivity index (χ0) is 11.4. The van der Waals surface area contributed by atoms with Crippen molar-refractivity contribution in [3.05, 3.63) is 34.4 Å². The van der Waals surface area contributed by atoms with Crippen LogP contribution in [-0.4, -0.2) is 11.1 Å². The standard InChI is InChI=1S/C11H10ClNO2/c1-2-7-3-4-8(11(14)15)10(6-13)9(7)5-12/h3-4H,2,5H2,1H3,(H,14,15). The van der Waals surface area contributed by atoms with Crippen LogP contribution >= 0.6 is 11.6 Å². The van der Waals surface area contributed by atoms with Crippen molar-refractivity contribution < 1.29 is 9.90 Å². The summed E-state index contributed by atoms with van der Waals surface area (Å²) in [6.07, 6.45) is 0.733. The number of aromatic carboxylic acids is 1. The number of nitrogens with zero attached hydrogens (tertiary/aromatic N) is 1. The smallest absolute Gasteiger partial charge is 0.337 e. The summed E-state index contributed by atoms with van der Waals surface area (Å²) in [5, 5.41) is 17.8. The van der Waals surface area contributed by atoms with Crippen LogP contribution in [0.2, 0.25) is 0 Å². The summed E-state index contributed by atoms with van der Waals surface area (Å²) in [6.45, 7) is 1.94. The van der Waals surface area contributed by atoms with E-state index in [4.69, 9.17) is 22.0 Å². The lowest BCUT2D eigenvalue weighted by molar-refractivity contribution is 0.0696. The van der Waals surface area contributed by atoms with E-state index in [9.17, 15) is 4.79 Å². The third-order valence-electron chi connectivity index (χ3n) is 2.27. The van der Waals surface area contributed by atoms with Crippen molar-refractivity contribution in [2.75, 3.05) is 0 Å². The van der Waals surface area contributed by atoms with Crippen molar-refractivity contribution in [3.8, 4) is 6.07 Å². The van der Waals surface area contributed by atoms with Gasteiger partial charge in [-0.3, -0.25) is 0 Å². The van der Waals surface area contributed by atoms with Crippen LogP contribution in [0.1, 0.15) is 34.0 Å². The molecule has 1 aromatic carbocycles. The Balaban J connectivity index is 3.50. The number of carboxylic acids is 1. The van der Waals surface area contributed by atoms with Gasteiger partial charge in [-0.25, -0.2) is 4.79 Å². The van der Waals surface area contributed by atoms with Crippen molar-refractivity contribution >= 4 is 17.6 Å². The van der Waals surface area contributed by atoms with E-state index in [1.807, 2.05) is 13.0 Å². The molecule has 0 heterocycles. The van der Waals surface area contributed by atoms with Crippen LogP contribution < -0.4 is 0 Å². The van der Waals surface area contributed by atoms with E-state index < -0.39 is 5.97 Å². The number of aryl methyl sites for hydroxylation is 1. The molecule has 1 aromatic rings. The van der Waals surface area contributed by atoms with E-state index >= 15 is 0 Å². The summed E-state index contributed by atoms with van der Waals surface area (Å²) < 4.78 is 0. The van der Waals surface area contributed by atoms with Crippen LogP contribution in [0.25, 0.3) is 0 Å². The molecule has 0 unspecified atom stereocenters. The molecule has 15 heavy (non-hydrogen) atoms. The highest BCUT2D eigenvalue weighted by molar-refractivity contribution is 6.17. The Kier molecular flexibility index (Phi) is 3.70. The van der Waals surface area contributed by atoms with E-state index in [1.54, 1.807) is 6.07 Å². The summed E-state index contributed by atoms with van der Waals surface area (Å²) in [5.74, 6) is -0.937. The number of nitriles is 1. The lowest BCUT2D eigenvalue weighted by Crippen LogP contribution is -2.05. The fraction of sp³-hybridized carbons (Fsp3) is 0.273. The Bertz CT molecular complexity index is 435. The maximum absolute atomic E-state index is 10.9. The minimum absolute atomic E-state index is 0.0188. The zero-order valence-corrected chi connectivity index (χ0v) is 9.01. The van der Waals surface area contributed by atoms with Gasteiger partial charge in [-0.2, -0.15) is 5.26 Å². The number of alkyl halides is 1. The van der Waals surface area contributed by atoms with Crippen LogP contribution in [0.4, 0.5) is 0 Å². The second kappa shape index (κ2) is 4.81. The van der Waals surface area contributed by atoms with Crippen LogP contribution in [-0.2, 0) is 12.3 Å². The van der Waals surface area contributed by atoms with Gasteiger partial charge in [0.1, 0.15) is 6.07 Å². The van der Waals surface area contributed by atoms with E-state index in [0.717, 1.165) is 12.0 Å². The second-order valence-electron chi connectivity index (χ2n) is 3.03. The van der Waals surface area contributed by atoms with Gasteiger partial charge in [0.2, 0.25) is 0 Å². The summed E-state index contributed by atoms with van der Waals surface area (Å²) in [7, 11) is 0. The lowest BCUT2D eigenvalue weighted by atomic mass is 9.96. The Morgan fingerprint density at radius 2 is 2.27 bits per heavy atom. The van der Waals surface area contributed by atoms with E-state index in [1.165, 1.54) is 6.07 Å². The summed E-state index contributed by atoms with van der Waals surface area (Å²) in [5.41, 5.74) is 1.75. The molecule has 0 spiro atoms. The van der Waals surface area contributed by atoms with Crippen LogP contribution in [0.5, 0.6) is 0 Å². The molecule has 0 radical (unpaired) electrons. The molecule has 4 heteroatoms. The fourth-order valence-corrected chi connectivity index (χ4v) is 1.79. The summed E-state index contributed by atoms with van der Waals surface area (Å²) >= 11 is 5.73. The highest BCUT2D eigenvalue weighted by atomic mass is 35.5. The number of halogens is 1. The number of benzene rings is 1. The third kappa shape index (κ3) is 2.11. The molecule has 0 aromatic heterocycles. The molecule has 3 nitrogen and oxygen atoms in total. The van der Waals surface area contributed by atoms with Crippen LogP contribution in [0, 0.1) is 11.3 Å². The van der Waals surface area contributed by atoms with Crippen molar-refractivity contribution in [1.82, 2.24) is 0 Å². The molecule has 0 aliphatic carbocycles. The number of carboxylic acid groups (broad SMARTS) is 1. The lowest BCUT2D eigenvalue weighted by Gasteiger charge is -2.09. The minimum Gasteiger partial charge on any atom is -0.478 e. The van der Waals surface area contributed by atoms with Crippen LogP contribution in [0.3, 0.4) is 0 Å². The second-order valence-corrected chi connectivity index (χ2v) is 3.30. The summed E-state index contributed by atoms with van der Waals surface area (Å²) in [6, 6.07) is 5.07. The van der Waals surface area contributed by atoms with Crippen molar-refractivity contribution in [3.63, 3.8) is 0 Å². The van der Waals surface area contributed by atoms with Crippen molar-refractivity contribution in [2.45, 2.75) is 19.2 Å². The molecule has 0 fully saturated rings. The molecule has 0 saturated carbocycles. The molecule has 1 rings (SSSR count). The topological polar surface area (TPSA) is 61.1 Å². The first-order valence-electron chi connectivity index (χ1n) is 4.49. The highest BCUT2D eigenvalue weighted by Crippen LogP contribution is 2.21. The maximum Gasteiger partial charge on any atom is 0.337 e. The van der Waals surface area contributed by atoms with Gasteiger partial charge in [0.15, 0.2) is 0 Å². The van der Waals surface area contributed by atoms with Gasteiger partial charge in [0.25, 0.3) is 0 Å². The first-order chi connectivity index (χ1) is 7.15. The number of hydrogen-bond donors (Lipinski definition) is 1. The predicted molar refractivity (Wildman–Crippen MR) is 57.1 cm³/mol. The van der Waals surface area contributed by atoms with Crippen molar-refractivity contribution in [1.29, 1.82) is 5.26 Å². The monoisotopic (exact) mass is 223 g/mol. The fourth-order valence-electron chi connectivity index (χ4n) is 1.48. The molecule has 78 valence electrons. The number of carbonyl (C=O) groups is 1. The molecular formula is C11H10ClNO2. The molecule has 0 aliphatic rings. The first kappa shape index (κ1) is 11.5. The zero-order valence-electron chi connectivity index (χ0n) is 8.25. The molecule has 0 bridgehead atoms. The molecule has 0 atom stereocenters. The van der Waals surface area contributed by atoms with E-state index in [2.05, 4.69) is 0 Å². The maximum atomic E-state index is 10.9. The first-order valence-corrected chi connectivity index (χ1v) is 5.03. The SMILES string of the molecule is CCc1ccc(C(=O)O)c(C#N)c1CCl. The minimum atomic E-state index is -1.10. The van der Waals surface area contributed by atoms with Crippen molar-refractivity contribution in [2.24, 2.45) is 0 Å². The molecule has 0 aliphatic heterocycles. The molecule has 0 saturated heterocycles.